The quantitative estimate of drug-likeness (QED) is 0.757. The Hall–Kier alpha value is -1.49. The SMILES string of the molecule is Cc1cc(C)cc(O[C@H]2C[C@](C)(C#N)C2)c1. The van der Waals surface area contributed by atoms with Crippen LogP contribution in [0.5, 0.6) is 5.75 Å². The van der Waals surface area contributed by atoms with Gasteiger partial charge in [-0.3, -0.25) is 0 Å². The summed E-state index contributed by atoms with van der Waals surface area (Å²) in [5.74, 6) is 0.933. The number of hydrogen-bond donors (Lipinski definition) is 0. The molecule has 0 aliphatic heterocycles. The molecule has 2 nitrogen and oxygen atoms in total. The first-order valence-electron chi connectivity index (χ1n) is 5.67. The Morgan fingerprint density at radius 1 is 1.25 bits per heavy atom. The summed E-state index contributed by atoms with van der Waals surface area (Å²) in [6.07, 6.45) is 1.90. The van der Waals surface area contributed by atoms with Crippen LogP contribution in [-0.4, -0.2) is 6.10 Å². The molecular weight excluding hydrogens is 198 g/mol. The molecule has 0 radical (unpaired) electrons. The smallest absolute Gasteiger partial charge is 0.120 e. The average molecular weight is 215 g/mol. The van der Waals surface area contributed by atoms with Crippen LogP contribution < -0.4 is 4.74 Å². The molecule has 16 heavy (non-hydrogen) atoms. The molecule has 0 amide bonds. The van der Waals surface area contributed by atoms with Gasteiger partial charge in [-0.05, 0) is 44.0 Å². The van der Waals surface area contributed by atoms with Crippen LogP contribution >= 0.6 is 0 Å². The standard InChI is InChI=1S/C14H17NO/c1-10-4-11(2)6-12(5-10)16-13-7-14(3,8-13)9-15/h4-6,13H,7-8H2,1-3H3/t13-,14-. The first-order valence-corrected chi connectivity index (χ1v) is 5.67. The van der Waals surface area contributed by atoms with Gasteiger partial charge in [-0.15, -0.1) is 0 Å². The molecule has 1 aliphatic rings. The summed E-state index contributed by atoms with van der Waals surface area (Å²) >= 11 is 0. The van der Waals surface area contributed by atoms with Gasteiger partial charge in [0.15, 0.2) is 0 Å². The third kappa shape index (κ3) is 2.19. The van der Waals surface area contributed by atoms with E-state index >= 15 is 0 Å². The van der Waals surface area contributed by atoms with Crippen LogP contribution in [0.2, 0.25) is 0 Å². The second-order valence-corrected chi connectivity index (χ2v) is 5.14. The van der Waals surface area contributed by atoms with Crippen molar-refractivity contribution < 1.29 is 4.74 Å². The molecule has 1 saturated carbocycles. The van der Waals surface area contributed by atoms with E-state index in [-0.39, 0.29) is 11.5 Å². The van der Waals surface area contributed by atoms with Gasteiger partial charge in [-0.25, -0.2) is 0 Å². The molecule has 0 saturated heterocycles. The summed E-state index contributed by atoms with van der Waals surface area (Å²) < 4.78 is 5.86. The van der Waals surface area contributed by atoms with Crippen molar-refractivity contribution >= 4 is 0 Å². The van der Waals surface area contributed by atoms with Crippen molar-refractivity contribution in [1.82, 2.24) is 0 Å². The number of ether oxygens (including phenoxy) is 1. The highest BCUT2D eigenvalue weighted by molar-refractivity contribution is 5.33. The highest BCUT2D eigenvalue weighted by Crippen LogP contribution is 2.42. The van der Waals surface area contributed by atoms with Gasteiger partial charge >= 0.3 is 0 Å². The monoisotopic (exact) mass is 215 g/mol. The molecule has 1 aromatic rings. The van der Waals surface area contributed by atoms with Crippen LogP contribution in [0.1, 0.15) is 30.9 Å². The molecule has 1 fully saturated rings. The van der Waals surface area contributed by atoms with Gasteiger partial charge in [0.25, 0.3) is 0 Å². The van der Waals surface area contributed by atoms with Gasteiger partial charge in [0.1, 0.15) is 11.9 Å². The lowest BCUT2D eigenvalue weighted by atomic mass is 9.69. The molecule has 0 aromatic heterocycles. The van der Waals surface area contributed by atoms with Crippen LogP contribution in [0, 0.1) is 30.6 Å². The van der Waals surface area contributed by atoms with Gasteiger partial charge in [-0.1, -0.05) is 6.07 Å². The summed E-state index contributed by atoms with van der Waals surface area (Å²) in [6, 6.07) is 8.57. The third-order valence-electron chi connectivity index (χ3n) is 3.12. The lowest BCUT2D eigenvalue weighted by Gasteiger charge is -2.39. The fourth-order valence-corrected chi connectivity index (χ4v) is 2.31. The highest BCUT2D eigenvalue weighted by atomic mass is 16.5. The van der Waals surface area contributed by atoms with Crippen molar-refractivity contribution in [1.29, 1.82) is 5.26 Å². The van der Waals surface area contributed by atoms with Crippen LogP contribution in [-0.2, 0) is 0 Å². The minimum atomic E-state index is -0.163. The number of nitriles is 1. The van der Waals surface area contributed by atoms with Crippen molar-refractivity contribution in [3.8, 4) is 11.8 Å². The van der Waals surface area contributed by atoms with E-state index in [4.69, 9.17) is 10.00 Å². The predicted octanol–water partition coefficient (Wildman–Crippen LogP) is 3.37. The summed E-state index contributed by atoms with van der Waals surface area (Å²) in [5, 5.41) is 8.91. The Bertz CT molecular complexity index is 418. The molecule has 1 aromatic carbocycles. The summed E-state index contributed by atoms with van der Waals surface area (Å²) in [6.45, 7) is 6.13. The van der Waals surface area contributed by atoms with E-state index in [2.05, 4.69) is 38.1 Å². The first-order chi connectivity index (χ1) is 7.50. The molecule has 2 heteroatoms. The minimum absolute atomic E-state index is 0.163. The molecular formula is C14H17NO. The number of hydrogen-bond acceptors (Lipinski definition) is 2. The Balaban J connectivity index is 1.99. The zero-order chi connectivity index (χ0) is 11.8. The molecule has 1 aliphatic carbocycles. The number of nitrogens with zero attached hydrogens (tertiary/aromatic N) is 1. The van der Waals surface area contributed by atoms with E-state index in [1.165, 1.54) is 11.1 Å². The number of rotatable bonds is 2. The fraction of sp³-hybridized carbons (Fsp3) is 0.500. The summed E-state index contributed by atoms with van der Waals surface area (Å²) in [4.78, 5) is 0. The zero-order valence-electron chi connectivity index (χ0n) is 10.1. The predicted molar refractivity (Wildman–Crippen MR) is 63.3 cm³/mol. The van der Waals surface area contributed by atoms with E-state index in [0.29, 0.717) is 0 Å². The molecule has 0 N–H and O–H groups in total. The molecule has 0 bridgehead atoms. The van der Waals surface area contributed by atoms with Crippen molar-refractivity contribution in [2.24, 2.45) is 5.41 Å². The normalized spacial score (nSPS) is 28.0. The maximum absolute atomic E-state index is 8.91. The Morgan fingerprint density at radius 2 is 1.81 bits per heavy atom. The van der Waals surface area contributed by atoms with Crippen molar-refractivity contribution in [2.75, 3.05) is 0 Å². The van der Waals surface area contributed by atoms with Gasteiger partial charge in [0, 0.05) is 12.8 Å². The maximum atomic E-state index is 8.91. The number of benzene rings is 1. The van der Waals surface area contributed by atoms with Crippen molar-refractivity contribution in [3.05, 3.63) is 29.3 Å². The molecule has 0 spiro atoms. The fourth-order valence-electron chi connectivity index (χ4n) is 2.31. The van der Waals surface area contributed by atoms with E-state index in [1.807, 2.05) is 6.92 Å². The van der Waals surface area contributed by atoms with Gasteiger partial charge < -0.3 is 4.74 Å². The maximum Gasteiger partial charge on any atom is 0.120 e. The highest BCUT2D eigenvalue weighted by Gasteiger charge is 2.42. The molecule has 0 unspecified atom stereocenters. The van der Waals surface area contributed by atoms with Gasteiger partial charge in [0.05, 0.1) is 11.5 Å². The second kappa shape index (κ2) is 3.83. The summed E-state index contributed by atoms with van der Waals surface area (Å²) in [7, 11) is 0. The lowest BCUT2D eigenvalue weighted by molar-refractivity contribution is 0.0340. The Labute approximate surface area is 96.9 Å². The molecule has 84 valence electrons. The van der Waals surface area contributed by atoms with Crippen LogP contribution in [0.4, 0.5) is 0 Å². The Kier molecular flexibility index (Phi) is 2.63. The molecule has 0 heterocycles. The first kappa shape index (κ1) is 11.0. The van der Waals surface area contributed by atoms with Gasteiger partial charge in [-0.2, -0.15) is 5.26 Å². The third-order valence-corrected chi connectivity index (χ3v) is 3.12. The largest absolute Gasteiger partial charge is 0.490 e. The Morgan fingerprint density at radius 3 is 2.31 bits per heavy atom. The zero-order valence-corrected chi connectivity index (χ0v) is 10.1. The van der Waals surface area contributed by atoms with E-state index in [0.717, 1.165) is 18.6 Å². The minimum Gasteiger partial charge on any atom is -0.490 e. The van der Waals surface area contributed by atoms with E-state index in [1.54, 1.807) is 0 Å². The van der Waals surface area contributed by atoms with Crippen LogP contribution in [0.3, 0.4) is 0 Å². The molecule has 0 atom stereocenters. The molecule has 2 rings (SSSR count). The van der Waals surface area contributed by atoms with Crippen molar-refractivity contribution in [3.63, 3.8) is 0 Å². The number of aryl methyl sites for hydroxylation is 2. The second-order valence-electron chi connectivity index (χ2n) is 5.14. The lowest BCUT2D eigenvalue weighted by Crippen LogP contribution is -2.41. The van der Waals surface area contributed by atoms with Crippen LogP contribution in [0.15, 0.2) is 18.2 Å². The average Bonchev–Trinajstić information content (AvgIpc) is 2.13. The van der Waals surface area contributed by atoms with Crippen molar-refractivity contribution in [2.45, 2.75) is 39.7 Å². The van der Waals surface area contributed by atoms with E-state index < -0.39 is 0 Å². The summed E-state index contributed by atoms with van der Waals surface area (Å²) in [5.41, 5.74) is 2.28. The topological polar surface area (TPSA) is 33.0 Å². The van der Waals surface area contributed by atoms with E-state index in [9.17, 15) is 0 Å². The van der Waals surface area contributed by atoms with Crippen LogP contribution in [0.25, 0.3) is 0 Å². The van der Waals surface area contributed by atoms with Gasteiger partial charge in [0.2, 0.25) is 0 Å².